The van der Waals surface area contributed by atoms with Gasteiger partial charge in [0.15, 0.2) is 5.76 Å². The molecular weight excluding hydrogens is 420 g/mol. The summed E-state index contributed by atoms with van der Waals surface area (Å²) in [4.78, 5) is 24.0. The molecule has 0 saturated carbocycles. The predicted octanol–water partition coefficient (Wildman–Crippen LogP) is 5.47. The fourth-order valence-electron chi connectivity index (χ4n) is 2.86. The summed E-state index contributed by atoms with van der Waals surface area (Å²) in [6, 6.07) is 15.6. The Labute approximate surface area is 183 Å². The number of halogens is 1. The van der Waals surface area contributed by atoms with Crippen LogP contribution in [-0.2, 0) is 9.53 Å². The van der Waals surface area contributed by atoms with Crippen molar-refractivity contribution in [1.29, 1.82) is 5.26 Å². The topological polar surface area (TPSA) is 117 Å². The number of nitrogens with zero attached hydrogens (tertiary/aromatic N) is 2. The van der Waals surface area contributed by atoms with Gasteiger partial charge in [0.05, 0.1) is 6.07 Å². The third kappa shape index (κ3) is 5.41. The number of hydrogen-bond acceptors (Lipinski definition) is 6. The Hall–Kier alpha value is -3.83. The molecule has 8 nitrogen and oxygen atoms in total. The largest absolute Gasteiger partial charge is 0.441 e. The molecule has 158 valence electrons. The molecule has 9 heteroatoms. The number of aryl methyl sites for hydroxylation is 1. The molecule has 0 saturated heterocycles. The summed E-state index contributed by atoms with van der Waals surface area (Å²) in [7, 11) is 0. The van der Waals surface area contributed by atoms with Crippen LogP contribution >= 0.6 is 11.6 Å². The van der Waals surface area contributed by atoms with Crippen LogP contribution in [0.15, 0.2) is 53.1 Å². The van der Waals surface area contributed by atoms with E-state index in [-0.39, 0.29) is 6.42 Å². The Balaban J connectivity index is 1.72. The molecule has 3 aromatic rings. The zero-order chi connectivity index (χ0) is 22.4. The summed E-state index contributed by atoms with van der Waals surface area (Å²) in [6.07, 6.45) is -1.47. The summed E-state index contributed by atoms with van der Waals surface area (Å²) in [5, 5.41) is 18.3. The average molecular weight is 439 g/mol. The molecule has 1 unspecified atom stereocenters. The van der Waals surface area contributed by atoms with E-state index in [0.717, 1.165) is 0 Å². The van der Waals surface area contributed by atoms with Crippen molar-refractivity contribution in [3.63, 3.8) is 0 Å². The highest BCUT2D eigenvalue weighted by molar-refractivity contribution is 6.31. The van der Waals surface area contributed by atoms with E-state index < -0.39 is 18.1 Å². The Morgan fingerprint density at radius 3 is 2.58 bits per heavy atom. The second-order valence-corrected chi connectivity index (χ2v) is 7.03. The number of rotatable bonds is 6. The van der Waals surface area contributed by atoms with E-state index in [0.29, 0.717) is 39.0 Å². The van der Waals surface area contributed by atoms with E-state index in [1.54, 1.807) is 62.4 Å². The van der Waals surface area contributed by atoms with Crippen LogP contribution < -0.4 is 10.6 Å². The maximum absolute atomic E-state index is 12.5. The van der Waals surface area contributed by atoms with Gasteiger partial charge in [-0.05, 0) is 44.2 Å². The van der Waals surface area contributed by atoms with Crippen LogP contribution in [0.25, 0.3) is 11.3 Å². The molecule has 31 heavy (non-hydrogen) atoms. The van der Waals surface area contributed by atoms with Crippen LogP contribution in [0.3, 0.4) is 0 Å². The Morgan fingerprint density at radius 2 is 1.90 bits per heavy atom. The summed E-state index contributed by atoms with van der Waals surface area (Å²) < 4.78 is 10.8. The lowest BCUT2D eigenvalue weighted by Crippen LogP contribution is -2.17. The van der Waals surface area contributed by atoms with Gasteiger partial charge < -0.3 is 14.6 Å². The summed E-state index contributed by atoms with van der Waals surface area (Å²) in [6.45, 7) is 3.41. The maximum atomic E-state index is 12.5. The molecule has 0 spiro atoms. The van der Waals surface area contributed by atoms with Gasteiger partial charge in [-0.15, -0.1) is 0 Å². The molecule has 0 radical (unpaired) electrons. The minimum Gasteiger partial charge on any atom is -0.441 e. The van der Waals surface area contributed by atoms with Crippen molar-refractivity contribution in [3.05, 3.63) is 64.8 Å². The zero-order valence-electron chi connectivity index (χ0n) is 16.8. The normalized spacial score (nSPS) is 11.3. The lowest BCUT2D eigenvalue weighted by molar-refractivity contribution is -0.115. The standard InChI is InChI=1S/C22H19ClN4O4/c1-13-20(26-22(29)30-14(2)17-5-3-4-6-18(17)23)21(31-27-13)15-7-9-16(10-8-15)25-19(28)11-12-24/h3-10,14H,11H2,1-2H3,(H,25,28)(H,26,29). The van der Waals surface area contributed by atoms with Gasteiger partial charge in [0.2, 0.25) is 5.91 Å². The fraction of sp³-hybridized carbons (Fsp3) is 0.182. The third-order valence-electron chi connectivity index (χ3n) is 4.39. The highest BCUT2D eigenvalue weighted by atomic mass is 35.5. The van der Waals surface area contributed by atoms with Gasteiger partial charge in [-0.1, -0.05) is 35.0 Å². The second kappa shape index (κ2) is 9.78. The number of ether oxygens (including phenoxy) is 1. The molecule has 0 aliphatic heterocycles. The smallest absolute Gasteiger partial charge is 0.412 e. The second-order valence-electron chi connectivity index (χ2n) is 6.63. The summed E-state index contributed by atoms with van der Waals surface area (Å²) >= 11 is 6.16. The number of hydrogen-bond donors (Lipinski definition) is 2. The van der Waals surface area contributed by atoms with Gasteiger partial charge in [0.25, 0.3) is 0 Å². The van der Waals surface area contributed by atoms with Crippen LogP contribution in [0.1, 0.15) is 30.7 Å². The van der Waals surface area contributed by atoms with E-state index in [1.165, 1.54) is 0 Å². The van der Waals surface area contributed by atoms with Crippen LogP contribution in [0.5, 0.6) is 0 Å². The molecule has 2 amide bonds. The Morgan fingerprint density at radius 1 is 1.19 bits per heavy atom. The van der Waals surface area contributed by atoms with Gasteiger partial charge in [-0.25, -0.2) is 4.79 Å². The lowest BCUT2D eigenvalue weighted by atomic mass is 10.1. The zero-order valence-corrected chi connectivity index (χ0v) is 17.6. The molecule has 0 fully saturated rings. The van der Waals surface area contributed by atoms with Crippen molar-refractivity contribution in [1.82, 2.24) is 5.16 Å². The number of aromatic nitrogens is 1. The van der Waals surface area contributed by atoms with E-state index in [9.17, 15) is 9.59 Å². The van der Waals surface area contributed by atoms with E-state index in [1.807, 2.05) is 6.07 Å². The first-order chi connectivity index (χ1) is 14.9. The first-order valence-corrected chi connectivity index (χ1v) is 9.72. The van der Waals surface area contributed by atoms with Crippen molar-refractivity contribution in [2.45, 2.75) is 26.4 Å². The third-order valence-corrected chi connectivity index (χ3v) is 4.73. The number of carbonyl (C=O) groups excluding carboxylic acids is 2. The van der Waals surface area contributed by atoms with Gasteiger partial charge in [0.1, 0.15) is 23.9 Å². The Bertz CT molecular complexity index is 1140. The molecule has 0 aliphatic carbocycles. The van der Waals surface area contributed by atoms with E-state index >= 15 is 0 Å². The van der Waals surface area contributed by atoms with Crippen LogP contribution in [0.2, 0.25) is 5.02 Å². The lowest BCUT2D eigenvalue weighted by Gasteiger charge is -2.15. The van der Waals surface area contributed by atoms with Crippen LogP contribution in [0.4, 0.5) is 16.2 Å². The minimum absolute atomic E-state index is 0.230. The van der Waals surface area contributed by atoms with Crippen molar-refractivity contribution in [2.24, 2.45) is 0 Å². The van der Waals surface area contributed by atoms with E-state index in [4.69, 9.17) is 26.1 Å². The maximum Gasteiger partial charge on any atom is 0.412 e. The van der Waals surface area contributed by atoms with Crippen LogP contribution in [0, 0.1) is 18.3 Å². The molecule has 2 N–H and O–H groups in total. The fourth-order valence-corrected chi connectivity index (χ4v) is 3.15. The molecule has 3 rings (SSSR count). The van der Waals surface area contributed by atoms with Gasteiger partial charge in [0, 0.05) is 21.8 Å². The number of anilines is 2. The van der Waals surface area contributed by atoms with Gasteiger partial charge in [-0.2, -0.15) is 5.26 Å². The molecule has 1 atom stereocenters. The molecule has 1 aromatic heterocycles. The molecule has 0 aliphatic rings. The monoisotopic (exact) mass is 438 g/mol. The minimum atomic E-state index is -0.680. The quantitative estimate of drug-likeness (QED) is 0.527. The molecule has 1 heterocycles. The van der Waals surface area contributed by atoms with Gasteiger partial charge in [-0.3, -0.25) is 10.1 Å². The summed E-state index contributed by atoms with van der Waals surface area (Å²) in [5.74, 6) is -0.0572. The Kier molecular flexibility index (Phi) is 6.90. The molecule has 0 bridgehead atoms. The molecule has 2 aromatic carbocycles. The number of nitriles is 1. The number of carbonyl (C=O) groups is 2. The van der Waals surface area contributed by atoms with E-state index in [2.05, 4.69) is 15.8 Å². The first kappa shape index (κ1) is 21.9. The summed E-state index contributed by atoms with van der Waals surface area (Å²) in [5.41, 5.74) is 2.70. The van der Waals surface area contributed by atoms with Crippen LogP contribution in [-0.4, -0.2) is 17.2 Å². The van der Waals surface area contributed by atoms with Crippen molar-refractivity contribution >= 4 is 35.0 Å². The predicted molar refractivity (Wildman–Crippen MR) is 116 cm³/mol. The van der Waals surface area contributed by atoms with Gasteiger partial charge >= 0.3 is 6.09 Å². The van der Waals surface area contributed by atoms with Crippen molar-refractivity contribution in [2.75, 3.05) is 10.6 Å². The first-order valence-electron chi connectivity index (χ1n) is 9.34. The molecular formula is C22H19ClN4O4. The highest BCUT2D eigenvalue weighted by Crippen LogP contribution is 2.32. The SMILES string of the molecule is Cc1noc(-c2ccc(NC(=O)CC#N)cc2)c1NC(=O)OC(C)c1ccccc1Cl. The highest BCUT2D eigenvalue weighted by Gasteiger charge is 2.20. The number of nitrogens with one attached hydrogen (secondary N) is 2. The number of benzene rings is 2. The number of amides is 2. The van der Waals surface area contributed by atoms with Crippen molar-refractivity contribution < 1.29 is 18.8 Å². The van der Waals surface area contributed by atoms with Crippen molar-refractivity contribution in [3.8, 4) is 17.4 Å². The average Bonchev–Trinajstić information content (AvgIpc) is 3.09.